The maximum absolute atomic E-state index is 13.3. The molecule has 0 atom stereocenters. The predicted octanol–water partition coefficient (Wildman–Crippen LogP) is 4.44. The van der Waals surface area contributed by atoms with Crippen LogP contribution in [-0.2, 0) is 10.9 Å². The number of amides is 1. The molecule has 0 fully saturated rings. The third-order valence-electron chi connectivity index (χ3n) is 5.07. The fourth-order valence-electron chi connectivity index (χ4n) is 3.55. The van der Waals surface area contributed by atoms with Crippen molar-refractivity contribution in [2.45, 2.75) is 13.1 Å². The number of hydrogen-bond donors (Lipinski definition) is 2. The molecule has 0 unspecified atom stereocenters. The van der Waals surface area contributed by atoms with Crippen molar-refractivity contribution >= 4 is 39.4 Å². The van der Waals surface area contributed by atoms with Crippen LogP contribution in [0.25, 0.3) is 21.8 Å². The highest BCUT2D eigenvalue weighted by molar-refractivity contribution is 6.10. The van der Waals surface area contributed by atoms with Gasteiger partial charge in [0, 0.05) is 22.7 Å². The van der Waals surface area contributed by atoms with Crippen molar-refractivity contribution in [3.63, 3.8) is 0 Å². The van der Waals surface area contributed by atoms with Crippen LogP contribution in [0, 0.1) is 6.92 Å². The van der Waals surface area contributed by atoms with Gasteiger partial charge in [0.1, 0.15) is 5.56 Å². The fourth-order valence-corrected chi connectivity index (χ4v) is 3.55. The van der Waals surface area contributed by atoms with E-state index in [1.165, 1.54) is 25.3 Å². The largest absolute Gasteiger partial charge is 0.465 e. The number of fused-ring (bicyclic) bond motifs is 2. The second-order valence-corrected chi connectivity index (χ2v) is 7.25. The second kappa shape index (κ2) is 8.05. The van der Waals surface area contributed by atoms with Gasteiger partial charge in [-0.2, -0.15) is 13.2 Å². The number of esters is 1. The summed E-state index contributed by atoms with van der Waals surface area (Å²) in [5.74, 6) is -1.41. The molecule has 2 aromatic carbocycles. The van der Waals surface area contributed by atoms with Crippen LogP contribution in [0.1, 0.15) is 32.0 Å². The number of alkyl halides is 3. The van der Waals surface area contributed by atoms with Gasteiger partial charge in [0.25, 0.3) is 5.91 Å². The molecule has 0 bridgehead atoms. The highest BCUT2D eigenvalue weighted by Gasteiger charge is 2.33. The Morgan fingerprint density at radius 2 is 1.85 bits per heavy atom. The molecule has 2 aromatic heterocycles. The molecule has 0 saturated carbocycles. The van der Waals surface area contributed by atoms with E-state index in [0.717, 1.165) is 18.3 Å². The minimum absolute atomic E-state index is 0.231. The van der Waals surface area contributed by atoms with Crippen LogP contribution in [0.4, 0.5) is 18.9 Å². The lowest BCUT2D eigenvalue weighted by Gasteiger charge is -2.12. The van der Waals surface area contributed by atoms with E-state index in [1.54, 1.807) is 19.1 Å². The van der Waals surface area contributed by atoms with Crippen molar-refractivity contribution in [3.05, 3.63) is 81.3 Å². The fraction of sp³-hybridized carbons (Fsp3) is 0.130. The number of methoxy groups -OCH3 is 1. The van der Waals surface area contributed by atoms with Gasteiger partial charge in [-0.15, -0.1) is 0 Å². The Bertz CT molecular complexity index is 1490. The van der Waals surface area contributed by atoms with Crippen molar-refractivity contribution in [3.8, 4) is 0 Å². The number of rotatable bonds is 3. The molecule has 33 heavy (non-hydrogen) atoms. The standard InChI is InChI=1S/C23H16F3N3O4/c1-11-8-18(14-9-12(22(32)33-2)6-7-17(14)28-11)29-21(31)15-10-27-19-13(20(15)30)4-3-5-16(19)23(24,25)26/h3-10H,1-2H3,(H,27,30)(H,28,29,31). The van der Waals surface area contributed by atoms with Gasteiger partial charge in [-0.3, -0.25) is 14.6 Å². The third kappa shape index (κ3) is 4.02. The van der Waals surface area contributed by atoms with E-state index in [9.17, 15) is 27.6 Å². The van der Waals surface area contributed by atoms with E-state index in [-0.39, 0.29) is 22.2 Å². The number of ether oxygens (including phenoxy) is 1. The first-order chi connectivity index (χ1) is 15.6. The van der Waals surface area contributed by atoms with Crippen molar-refractivity contribution < 1.29 is 27.5 Å². The zero-order chi connectivity index (χ0) is 23.9. The topological polar surface area (TPSA) is 101 Å². The number of pyridine rings is 2. The lowest BCUT2D eigenvalue weighted by Crippen LogP contribution is -2.23. The minimum atomic E-state index is -4.67. The number of carbonyl (C=O) groups is 2. The smallest absolute Gasteiger partial charge is 0.418 e. The summed E-state index contributed by atoms with van der Waals surface area (Å²) in [5.41, 5.74) is -1.07. The van der Waals surface area contributed by atoms with Crippen LogP contribution >= 0.6 is 0 Å². The van der Waals surface area contributed by atoms with Crippen molar-refractivity contribution in [2.24, 2.45) is 0 Å². The number of H-pyrrole nitrogens is 1. The summed E-state index contributed by atoms with van der Waals surface area (Å²) in [7, 11) is 1.23. The molecule has 2 heterocycles. The monoisotopic (exact) mass is 455 g/mol. The normalized spacial score (nSPS) is 11.5. The summed E-state index contributed by atoms with van der Waals surface area (Å²) in [5, 5.41) is 2.77. The van der Waals surface area contributed by atoms with E-state index in [0.29, 0.717) is 16.6 Å². The van der Waals surface area contributed by atoms with E-state index >= 15 is 0 Å². The predicted molar refractivity (Wildman–Crippen MR) is 115 cm³/mol. The number of benzene rings is 2. The molecule has 2 N–H and O–H groups in total. The van der Waals surface area contributed by atoms with Gasteiger partial charge in [0.2, 0.25) is 5.43 Å². The van der Waals surface area contributed by atoms with E-state index in [2.05, 4.69) is 15.3 Å². The number of anilines is 1. The van der Waals surface area contributed by atoms with E-state index in [4.69, 9.17) is 4.74 Å². The Kier molecular flexibility index (Phi) is 5.36. The van der Waals surface area contributed by atoms with Gasteiger partial charge in [0.15, 0.2) is 0 Å². The summed E-state index contributed by atoms with van der Waals surface area (Å²) in [6.07, 6.45) is -3.72. The molecule has 0 aliphatic carbocycles. The number of carbonyl (C=O) groups excluding carboxylic acids is 2. The average molecular weight is 455 g/mol. The van der Waals surface area contributed by atoms with Gasteiger partial charge >= 0.3 is 12.1 Å². The number of aromatic amines is 1. The third-order valence-corrected chi connectivity index (χ3v) is 5.07. The van der Waals surface area contributed by atoms with Gasteiger partial charge < -0.3 is 15.0 Å². The zero-order valence-electron chi connectivity index (χ0n) is 17.3. The van der Waals surface area contributed by atoms with Crippen molar-refractivity contribution in [2.75, 3.05) is 12.4 Å². The molecular weight excluding hydrogens is 439 g/mol. The molecule has 4 rings (SSSR count). The van der Waals surface area contributed by atoms with Crippen LogP contribution < -0.4 is 10.7 Å². The first kappa shape index (κ1) is 22.0. The van der Waals surface area contributed by atoms with Crippen LogP contribution in [0.3, 0.4) is 0 Å². The lowest BCUT2D eigenvalue weighted by molar-refractivity contribution is -0.136. The molecule has 7 nitrogen and oxygen atoms in total. The molecule has 0 aliphatic rings. The number of nitrogens with one attached hydrogen (secondary N) is 2. The second-order valence-electron chi connectivity index (χ2n) is 7.25. The lowest BCUT2D eigenvalue weighted by atomic mass is 10.1. The number of aryl methyl sites for hydroxylation is 1. The van der Waals surface area contributed by atoms with Gasteiger partial charge in [-0.05, 0) is 43.3 Å². The van der Waals surface area contributed by atoms with Crippen LogP contribution in [0.15, 0.2) is 53.5 Å². The average Bonchev–Trinajstić information content (AvgIpc) is 2.77. The van der Waals surface area contributed by atoms with Crippen LogP contribution in [0.5, 0.6) is 0 Å². The molecular formula is C23H16F3N3O4. The number of aromatic nitrogens is 2. The Hall–Kier alpha value is -4.21. The molecule has 0 spiro atoms. The molecule has 1 amide bonds. The maximum atomic E-state index is 13.3. The summed E-state index contributed by atoms with van der Waals surface area (Å²) < 4.78 is 44.5. The Morgan fingerprint density at radius 1 is 1.09 bits per heavy atom. The maximum Gasteiger partial charge on any atom is 0.418 e. The Balaban J connectivity index is 1.79. The Morgan fingerprint density at radius 3 is 2.55 bits per heavy atom. The quantitative estimate of drug-likeness (QED) is 0.445. The number of nitrogens with zero attached hydrogens (tertiary/aromatic N) is 1. The molecule has 0 aliphatic heterocycles. The SMILES string of the molecule is COC(=O)c1ccc2nc(C)cc(NC(=O)c3c[nH]c4c(C(F)(F)F)cccc4c3=O)c2c1. The highest BCUT2D eigenvalue weighted by Crippen LogP contribution is 2.33. The molecule has 168 valence electrons. The van der Waals surface area contributed by atoms with Gasteiger partial charge in [-0.1, -0.05) is 6.07 Å². The summed E-state index contributed by atoms with van der Waals surface area (Å²) >= 11 is 0. The van der Waals surface area contributed by atoms with E-state index in [1.807, 2.05) is 0 Å². The van der Waals surface area contributed by atoms with Gasteiger partial charge in [0.05, 0.1) is 35.0 Å². The molecule has 0 saturated heterocycles. The Labute approximate surface area is 184 Å². The van der Waals surface area contributed by atoms with Crippen LogP contribution in [-0.4, -0.2) is 29.0 Å². The van der Waals surface area contributed by atoms with E-state index < -0.39 is 34.6 Å². The molecule has 4 aromatic rings. The minimum Gasteiger partial charge on any atom is -0.465 e. The summed E-state index contributed by atoms with van der Waals surface area (Å²) in [4.78, 5) is 44.4. The number of hydrogen-bond acceptors (Lipinski definition) is 5. The molecule has 0 radical (unpaired) electrons. The van der Waals surface area contributed by atoms with Crippen molar-refractivity contribution in [1.29, 1.82) is 0 Å². The first-order valence-corrected chi connectivity index (χ1v) is 9.63. The molecule has 10 heteroatoms. The summed E-state index contributed by atoms with van der Waals surface area (Å²) in [6, 6.07) is 9.33. The number of halogens is 3. The summed E-state index contributed by atoms with van der Waals surface area (Å²) in [6.45, 7) is 1.70. The van der Waals surface area contributed by atoms with Crippen LogP contribution in [0.2, 0.25) is 0 Å². The van der Waals surface area contributed by atoms with Gasteiger partial charge in [-0.25, -0.2) is 4.79 Å². The van der Waals surface area contributed by atoms with Crippen molar-refractivity contribution in [1.82, 2.24) is 9.97 Å². The highest BCUT2D eigenvalue weighted by atomic mass is 19.4. The number of para-hydroxylation sites is 1. The zero-order valence-corrected chi connectivity index (χ0v) is 17.3. The first-order valence-electron chi connectivity index (χ1n) is 9.63.